The molecule has 0 amide bonds. The van der Waals surface area contributed by atoms with Crippen LogP contribution in [0.15, 0.2) is 33.3 Å². The van der Waals surface area contributed by atoms with Gasteiger partial charge in [-0.25, -0.2) is 9.97 Å². The summed E-state index contributed by atoms with van der Waals surface area (Å²) >= 11 is 4.96. The summed E-state index contributed by atoms with van der Waals surface area (Å²) in [7, 11) is 0. The predicted molar refractivity (Wildman–Crippen MR) is 112 cm³/mol. The summed E-state index contributed by atoms with van der Waals surface area (Å²) in [5.41, 5.74) is 8.56. The van der Waals surface area contributed by atoms with Gasteiger partial charge in [0.05, 0.1) is 16.0 Å². The summed E-state index contributed by atoms with van der Waals surface area (Å²) in [5.74, 6) is 2.80. The number of nitrogens with two attached hydrogens (primary N) is 1. The van der Waals surface area contributed by atoms with Crippen molar-refractivity contribution in [3.05, 3.63) is 39.7 Å². The number of nitrogens with zero attached hydrogens (tertiary/aromatic N) is 3. The van der Waals surface area contributed by atoms with Gasteiger partial charge in [0.2, 0.25) is 0 Å². The summed E-state index contributed by atoms with van der Waals surface area (Å²) in [6.07, 6.45) is 3.43. The summed E-state index contributed by atoms with van der Waals surface area (Å²) in [6, 6.07) is 6.01. The fraction of sp³-hybridized carbons (Fsp3) is 0.316. The number of rotatable bonds is 4. The highest BCUT2D eigenvalue weighted by Crippen LogP contribution is 2.40. The second-order valence-electron chi connectivity index (χ2n) is 6.87. The lowest BCUT2D eigenvalue weighted by atomic mass is 9.89. The van der Waals surface area contributed by atoms with E-state index in [9.17, 15) is 0 Å². The molecule has 4 aromatic rings. The Kier molecular flexibility index (Phi) is 4.41. The Morgan fingerprint density at radius 3 is 3.15 bits per heavy atom. The summed E-state index contributed by atoms with van der Waals surface area (Å²) in [5, 5.41) is 7.96. The van der Waals surface area contributed by atoms with E-state index in [1.54, 1.807) is 34.4 Å². The van der Waals surface area contributed by atoms with E-state index < -0.39 is 0 Å². The van der Waals surface area contributed by atoms with Crippen molar-refractivity contribution in [2.24, 2.45) is 5.92 Å². The zero-order valence-electron chi connectivity index (χ0n) is 14.8. The number of fused-ring (bicyclic) bond motifs is 3. The molecular weight excluding hydrogens is 396 g/mol. The molecule has 8 heteroatoms. The predicted octanol–water partition coefficient (Wildman–Crippen LogP) is 5.41. The quantitative estimate of drug-likeness (QED) is 0.355. The second kappa shape index (κ2) is 6.92. The first-order chi connectivity index (χ1) is 13.2. The molecule has 5 nitrogen and oxygen atoms in total. The zero-order valence-corrected chi connectivity index (χ0v) is 17.2. The maximum atomic E-state index is 6.31. The molecule has 0 saturated heterocycles. The van der Waals surface area contributed by atoms with Crippen LogP contribution in [-0.4, -0.2) is 15.1 Å². The number of hydrogen-bond acceptors (Lipinski definition) is 8. The molecule has 138 valence electrons. The van der Waals surface area contributed by atoms with E-state index in [1.807, 2.05) is 23.6 Å². The topological polar surface area (TPSA) is 77.8 Å². The van der Waals surface area contributed by atoms with Gasteiger partial charge in [0.15, 0.2) is 10.9 Å². The summed E-state index contributed by atoms with van der Waals surface area (Å²) in [4.78, 5) is 12.9. The molecule has 27 heavy (non-hydrogen) atoms. The lowest BCUT2D eigenvalue weighted by Gasteiger charge is -2.17. The van der Waals surface area contributed by atoms with Crippen LogP contribution in [-0.2, 0) is 18.6 Å². The van der Waals surface area contributed by atoms with Crippen LogP contribution >= 0.6 is 34.4 Å². The van der Waals surface area contributed by atoms with Gasteiger partial charge in [-0.15, -0.1) is 22.7 Å². The third-order valence-corrected chi connectivity index (χ3v) is 7.75. The number of anilines is 1. The van der Waals surface area contributed by atoms with E-state index in [4.69, 9.17) is 15.2 Å². The monoisotopic (exact) mass is 414 g/mol. The zero-order chi connectivity index (χ0) is 18.4. The van der Waals surface area contributed by atoms with Crippen molar-refractivity contribution < 1.29 is 4.52 Å². The van der Waals surface area contributed by atoms with Gasteiger partial charge < -0.3 is 10.3 Å². The van der Waals surface area contributed by atoms with Gasteiger partial charge in [-0.2, -0.15) is 0 Å². The van der Waals surface area contributed by atoms with Crippen molar-refractivity contribution in [2.45, 2.75) is 37.1 Å². The van der Waals surface area contributed by atoms with E-state index in [1.165, 1.54) is 16.9 Å². The molecule has 0 aromatic carbocycles. The van der Waals surface area contributed by atoms with Crippen molar-refractivity contribution in [3.63, 3.8) is 0 Å². The second-order valence-corrected chi connectivity index (χ2v) is 9.85. The molecule has 4 aromatic heterocycles. The average Bonchev–Trinajstić information content (AvgIpc) is 3.38. The first-order valence-electron chi connectivity index (χ1n) is 8.87. The van der Waals surface area contributed by atoms with Crippen LogP contribution in [0.1, 0.15) is 29.5 Å². The number of nitrogen functional groups attached to an aromatic ring is 1. The largest absolute Gasteiger partial charge is 0.383 e. The fourth-order valence-electron chi connectivity index (χ4n) is 3.47. The van der Waals surface area contributed by atoms with Crippen LogP contribution in [0.4, 0.5) is 5.82 Å². The minimum atomic E-state index is 0.606. The van der Waals surface area contributed by atoms with E-state index >= 15 is 0 Å². The van der Waals surface area contributed by atoms with Gasteiger partial charge in [0.1, 0.15) is 10.6 Å². The number of aryl methyl sites for hydroxylation is 1. The molecule has 1 aliphatic rings. The van der Waals surface area contributed by atoms with Gasteiger partial charge in [0, 0.05) is 16.7 Å². The fourth-order valence-corrected chi connectivity index (χ4v) is 6.32. The number of thioether (sulfide) groups is 1. The summed E-state index contributed by atoms with van der Waals surface area (Å²) in [6.45, 7) is 2.31. The highest BCUT2D eigenvalue weighted by Gasteiger charge is 2.23. The van der Waals surface area contributed by atoms with Gasteiger partial charge >= 0.3 is 0 Å². The lowest BCUT2D eigenvalue weighted by molar-refractivity contribution is 0.427. The lowest BCUT2D eigenvalue weighted by Crippen LogP contribution is -2.09. The third kappa shape index (κ3) is 3.26. The third-order valence-electron chi connectivity index (χ3n) is 4.83. The smallest absolute Gasteiger partial charge is 0.191 e. The van der Waals surface area contributed by atoms with Gasteiger partial charge in [-0.05, 0) is 42.2 Å². The molecule has 1 atom stereocenters. The Bertz CT molecular complexity index is 1100. The first-order valence-corrected chi connectivity index (χ1v) is 11.6. The summed E-state index contributed by atoms with van der Waals surface area (Å²) < 4.78 is 5.44. The van der Waals surface area contributed by atoms with Crippen molar-refractivity contribution in [1.82, 2.24) is 15.1 Å². The van der Waals surface area contributed by atoms with Crippen LogP contribution in [0.2, 0.25) is 0 Å². The molecule has 0 fully saturated rings. The van der Waals surface area contributed by atoms with Crippen molar-refractivity contribution >= 4 is 50.5 Å². The maximum Gasteiger partial charge on any atom is 0.191 e. The number of aromatic nitrogens is 3. The molecule has 0 radical (unpaired) electrons. The van der Waals surface area contributed by atoms with Gasteiger partial charge in [-0.3, -0.25) is 0 Å². The molecule has 5 rings (SSSR count). The molecule has 4 heterocycles. The minimum absolute atomic E-state index is 0.606. The molecule has 0 spiro atoms. The normalized spacial score (nSPS) is 16.7. The van der Waals surface area contributed by atoms with Crippen LogP contribution < -0.4 is 5.73 Å². The van der Waals surface area contributed by atoms with Crippen molar-refractivity contribution in [1.29, 1.82) is 0 Å². The van der Waals surface area contributed by atoms with Crippen LogP contribution in [0.5, 0.6) is 0 Å². The van der Waals surface area contributed by atoms with E-state index in [-0.39, 0.29) is 0 Å². The molecule has 0 bridgehead atoms. The Balaban J connectivity index is 1.38. The van der Waals surface area contributed by atoms with Crippen molar-refractivity contribution in [3.8, 4) is 10.6 Å². The van der Waals surface area contributed by atoms with E-state index in [2.05, 4.69) is 17.1 Å². The molecule has 0 aliphatic heterocycles. The molecular formula is C19H18N4OS3. The standard InChI is InChI=1S/C19H18N4OS3/c1-10-4-5-12-15(7-10)27-18-16(12)17(20)21-19(22-18)26-9-11-8-13(24-23-11)14-3-2-6-25-14/h2-3,6,8,10H,4-5,7,9H2,1H3,(H2,20,21,22). The van der Waals surface area contributed by atoms with Crippen LogP contribution in [0.25, 0.3) is 20.9 Å². The van der Waals surface area contributed by atoms with Gasteiger partial charge in [0.25, 0.3) is 0 Å². The molecule has 1 aliphatic carbocycles. The van der Waals surface area contributed by atoms with Crippen molar-refractivity contribution in [2.75, 3.05) is 5.73 Å². The minimum Gasteiger partial charge on any atom is -0.383 e. The average molecular weight is 415 g/mol. The Labute approximate surface area is 169 Å². The SMILES string of the molecule is CC1CCc2c(sc3nc(SCc4cc(-c5cccs5)on4)nc(N)c23)C1. The first kappa shape index (κ1) is 17.2. The molecule has 1 unspecified atom stereocenters. The number of hydrogen-bond donors (Lipinski definition) is 1. The van der Waals surface area contributed by atoms with Gasteiger partial charge in [-0.1, -0.05) is 29.9 Å². The van der Waals surface area contributed by atoms with Crippen LogP contribution in [0.3, 0.4) is 0 Å². The van der Waals surface area contributed by atoms with E-state index in [0.717, 1.165) is 45.3 Å². The van der Waals surface area contributed by atoms with Crippen LogP contribution in [0, 0.1) is 5.92 Å². The Morgan fingerprint density at radius 2 is 2.30 bits per heavy atom. The Hall–Kier alpha value is -1.90. The number of thiophene rings is 2. The Morgan fingerprint density at radius 1 is 1.37 bits per heavy atom. The maximum absolute atomic E-state index is 6.31. The molecule has 0 saturated carbocycles. The highest BCUT2D eigenvalue weighted by atomic mass is 32.2. The molecule has 2 N–H and O–H groups in total. The van der Waals surface area contributed by atoms with E-state index in [0.29, 0.717) is 16.7 Å². The highest BCUT2D eigenvalue weighted by molar-refractivity contribution is 7.98.